The number of amides is 1. The second-order valence-electron chi connectivity index (χ2n) is 3.85. The fourth-order valence-electron chi connectivity index (χ4n) is 1.07. The van der Waals surface area contributed by atoms with Crippen molar-refractivity contribution in [3.8, 4) is 11.8 Å². The number of benzene rings is 1. The van der Waals surface area contributed by atoms with Gasteiger partial charge >= 0.3 is 0 Å². The van der Waals surface area contributed by atoms with E-state index in [1.54, 1.807) is 0 Å². The van der Waals surface area contributed by atoms with E-state index in [4.69, 9.17) is 5.26 Å². The lowest BCUT2D eigenvalue weighted by molar-refractivity contribution is 0.0926. The van der Waals surface area contributed by atoms with Crippen LogP contribution in [0.5, 0.6) is 5.75 Å². The maximum Gasteiger partial charge on any atom is 0.256 e. The van der Waals surface area contributed by atoms with Gasteiger partial charge in [-0.1, -0.05) is 0 Å². The van der Waals surface area contributed by atoms with E-state index in [1.165, 1.54) is 13.8 Å². The number of hydrogen-bond donors (Lipinski definition) is 2. The highest BCUT2D eigenvalue weighted by molar-refractivity contribution is 5.97. The predicted octanol–water partition coefficient (Wildman–Crippen LogP) is 1.56. The summed E-state index contributed by atoms with van der Waals surface area (Å²) in [4.78, 5) is 11.6. The standard InChI is InChI=1S/C11H11FN2O2/c1-11(2,6-13)14-10(16)8-5-7(12)3-4-9(8)15/h3-5,15H,1-2H3,(H,14,16). The molecule has 4 nitrogen and oxygen atoms in total. The van der Waals surface area contributed by atoms with E-state index < -0.39 is 17.3 Å². The highest BCUT2D eigenvalue weighted by Crippen LogP contribution is 2.18. The molecule has 0 spiro atoms. The van der Waals surface area contributed by atoms with E-state index in [0.29, 0.717) is 0 Å². The summed E-state index contributed by atoms with van der Waals surface area (Å²) in [5.41, 5.74) is -1.26. The van der Waals surface area contributed by atoms with Gasteiger partial charge in [0, 0.05) is 0 Å². The Hall–Kier alpha value is -2.09. The van der Waals surface area contributed by atoms with Crippen molar-refractivity contribution < 1.29 is 14.3 Å². The molecule has 0 atom stereocenters. The molecule has 1 aromatic carbocycles. The van der Waals surface area contributed by atoms with Crippen molar-refractivity contribution in [2.24, 2.45) is 0 Å². The first kappa shape index (κ1) is 12.0. The second-order valence-corrected chi connectivity index (χ2v) is 3.85. The minimum absolute atomic E-state index is 0.191. The molecule has 1 aromatic rings. The van der Waals surface area contributed by atoms with Gasteiger partial charge in [0.05, 0.1) is 11.6 Å². The molecule has 0 aliphatic rings. The largest absolute Gasteiger partial charge is 0.507 e. The molecular formula is C11H11FN2O2. The smallest absolute Gasteiger partial charge is 0.256 e. The molecule has 84 valence electrons. The third kappa shape index (κ3) is 2.70. The molecular weight excluding hydrogens is 211 g/mol. The van der Waals surface area contributed by atoms with E-state index in [2.05, 4.69) is 5.32 Å². The summed E-state index contributed by atoms with van der Waals surface area (Å²) in [7, 11) is 0. The first-order valence-corrected chi connectivity index (χ1v) is 4.58. The van der Waals surface area contributed by atoms with Crippen molar-refractivity contribution in [3.63, 3.8) is 0 Å². The first-order chi connectivity index (χ1) is 7.35. The minimum atomic E-state index is -1.07. The van der Waals surface area contributed by atoms with Crippen LogP contribution in [0, 0.1) is 17.1 Å². The van der Waals surface area contributed by atoms with Crippen molar-refractivity contribution in [2.45, 2.75) is 19.4 Å². The lowest BCUT2D eigenvalue weighted by Crippen LogP contribution is -2.42. The number of nitriles is 1. The SMILES string of the molecule is CC(C)(C#N)NC(=O)c1cc(F)ccc1O. The number of carbonyl (C=O) groups excluding carboxylic acids is 1. The van der Waals surface area contributed by atoms with E-state index in [1.807, 2.05) is 6.07 Å². The molecule has 0 saturated heterocycles. The third-order valence-corrected chi connectivity index (χ3v) is 1.91. The minimum Gasteiger partial charge on any atom is -0.507 e. The Bertz CT molecular complexity index is 464. The highest BCUT2D eigenvalue weighted by Gasteiger charge is 2.22. The average Bonchev–Trinajstić information content (AvgIpc) is 2.21. The van der Waals surface area contributed by atoms with Gasteiger partial charge in [0.25, 0.3) is 5.91 Å². The van der Waals surface area contributed by atoms with Gasteiger partial charge in [-0.2, -0.15) is 5.26 Å². The third-order valence-electron chi connectivity index (χ3n) is 1.91. The van der Waals surface area contributed by atoms with Crippen molar-refractivity contribution in [3.05, 3.63) is 29.6 Å². The van der Waals surface area contributed by atoms with Gasteiger partial charge in [-0.15, -0.1) is 0 Å². The monoisotopic (exact) mass is 222 g/mol. The van der Waals surface area contributed by atoms with Crippen LogP contribution in [0.25, 0.3) is 0 Å². The van der Waals surface area contributed by atoms with Gasteiger partial charge in [0.1, 0.15) is 17.1 Å². The van der Waals surface area contributed by atoms with Crippen molar-refractivity contribution >= 4 is 5.91 Å². The molecule has 0 unspecified atom stereocenters. The maximum absolute atomic E-state index is 12.9. The Morgan fingerprint density at radius 1 is 1.56 bits per heavy atom. The molecule has 1 rings (SSSR count). The van der Waals surface area contributed by atoms with E-state index in [9.17, 15) is 14.3 Å². The number of phenols is 1. The zero-order chi connectivity index (χ0) is 12.3. The molecule has 0 bridgehead atoms. The van der Waals surface area contributed by atoms with Gasteiger partial charge in [0.2, 0.25) is 0 Å². The summed E-state index contributed by atoms with van der Waals surface area (Å²) in [5.74, 6) is -1.64. The van der Waals surface area contributed by atoms with Gasteiger partial charge < -0.3 is 10.4 Å². The van der Waals surface area contributed by atoms with Gasteiger partial charge in [0.15, 0.2) is 0 Å². The van der Waals surface area contributed by atoms with Crippen LogP contribution in [-0.4, -0.2) is 16.6 Å². The number of halogens is 1. The van der Waals surface area contributed by atoms with Crippen LogP contribution in [-0.2, 0) is 0 Å². The Morgan fingerprint density at radius 3 is 2.75 bits per heavy atom. The molecule has 5 heteroatoms. The van der Waals surface area contributed by atoms with Gasteiger partial charge in [-0.25, -0.2) is 4.39 Å². The normalized spacial score (nSPS) is 10.6. The summed E-state index contributed by atoms with van der Waals surface area (Å²) in [5, 5.41) is 20.4. The number of rotatable bonds is 2. The number of nitrogens with one attached hydrogen (secondary N) is 1. The molecule has 1 amide bonds. The van der Waals surface area contributed by atoms with Crippen molar-refractivity contribution in [1.82, 2.24) is 5.32 Å². The summed E-state index contributed by atoms with van der Waals surface area (Å²) in [6.07, 6.45) is 0. The van der Waals surface area contributed by atoms with E-state index >= 15 is 0 Å². The molecule has 0 heterocycles. The zero-order valence-electron chi connectivity index (χ0n) is 8.91. The number of hydrogen-bond acceptors (Lipinski definition) is 3. The number of nitrogens with zero attached hydrogens (tertiary/aromatic N) is 1. The number of aromatic hydroxyl groups is 1. The fourth-order valence-corrected chi connectivity index (χ4v) is 1.07. The Morgan fingerprint density at radius 2 is 2.19 bits per heavy atom. The first-order valence-electron chi connectivity index (χ1n) is 4.58. The Kier molecular flexibility index (Phi) is 3.14. The molecule has 0 aliphatic heterocycles. The van der Waals surface area contributed by atoms with E-state index in [-0.39, 0.29) is 11.3 Å². The zero-order valence-corrected chi connectivity index (χ0v) is 8.91. The van der Waals surface area contributed by atoms with Crippen LogP contribution >= 0.6 is 0 Å². The summed E-state index contributed by atoms with van der Waals surface area (Å²) < 4.78 is 12.9. The van der Waals surface area contributed by atoms with Crippen LogP contribution in [0.15, 0.2) is 18.2 Å². The lowest BCUT2D eigenvalue weighted by Gasteiger charge is -2.17. The Balaban J connectivity index is 2.98. The van der Waals surface area contributed by atoms with Crippen LogP contribution < -0.4 is 5.32 Å². The topological polar surface area (TPSA) is 73.1 Å². The van der Waals surface area contributed by atoms with Gasteiger partial charge in [-0.05, 0) is 32.0 Å². The molecule has 0 aliphatic carbocycles. The quantitative estimate of drug-likeness (QED) is 0.797. The molecule has 16 heavy (non-hydrogen) atoms. The van der Waals surface area contributed by atoms with Crippen LogP contribution in [0.3, 0.4) is 0 Å². The van der Waals surface area contributed by atoms with Gasteiger partial charge in [-0.3, -0.25) is 4.79 Å². The van der Waals surface area contributed by atoms with Crippen molar-refractivity contribution in [1.29, 1.82) is 5.26 Å². The summed E-state index contributed by atoms with van der Waals surface area (Å²) in [6, 6.07) is 4.91. The molecule has 0 saturated carbocycles. The maximum atomic E-state index is 12.9. The lowest BCUT2D eigenvalue weighted by atomic mass is 10.1. The van der Waals surface area contributed by atoms with Crippen LogP contribution in [0.2, 0.25) is 0 Å². The summed E-state index contributed by atoms with van der Waals surface area (Å²) >= 11 is 0. The number of carbonyl (C=O) groups is 1. The number of phenolic OH excluding ortho intramolecular Hbond substituents is 1. The average molecular weight is 222 g/mol. The molecule has 0 fully saturated rings. The van der Waals surface area contributed by atoms with Crippen molar-refractivity contribution in [2.75, 3.05) is 0 Å². The highest BCUT2D eigenvalue weighted by atomic mass is 19.1. The van der Waals surface area contributed by atoms with Crippen LogP contribution in [0.4, 0.5) is 4.39 Å². The predicted molar refractivity (Wildman–Crippen MR) is 55.2 cm³/mol. The summed E-state index contributed by atoms with van der Waals surface area (Å²) in [6.45, 7) is 3.00. The molecule has 0 radical (unpaired) electrons. The van der Waals surface area contributed by atoms with Crippen LogP contribution in [0.1, 0.15) is 24.2 Å². The molecule has 2 N–H and O–H groups in total. The second kappa shape index (κ2) is 4.19. The Labute approximate surface area is 92.3 Å². The molecule has 0 aromatic heterocycles. The fraction of sp³-hybridized carbons (Fsp3) is 0.273. The van der Waals surface area contributed by atoms with E-state index in [0.717, 1.165) is 18.2 Å².